The van der Waals surface area contributed by atoms with Crippen LogP contribution >= 0.6 is 0 Å². The molecule has 0 aromatic heterocycles. The average Bonchev–Trinajstić information content (AvgIpc) is 2.71. The summed E-state index contributed by atoms with van der Waals surface area (Å²) in [4.78, 5) is 9.96. The molecule has 1 aromatic carbocycles. The molecule has 1 heterocycles. The molecule has 1 aromatic rings. The number of benzene rings is 1. The lowest BCUT2D eigenvalue weighted by Gasteiger charge is -1.97. The van der Waals surface area contributed by atoms with Gasteiger partial charge in [0, 0.05) is 24.8 Å². The number of nitrogens with zero attached hydrogens (tertiary/aromatic N) is 3. The minimum atomic E-state index is -0.420. The third-order valence-electron chi connectivity index (χ3n) is 1.96. The lowest BCUT2D eigenvalue weighted by Crippen LogP contribution is -1.97. The first-order chi connectivity index (χ1) is 6.77. The third kappa shape index (κ3) is 1.52. The van der Waals surface area contributed by atoms with Crippen molar-refractivity contribution in [2.45, 2.75) is 6.42 Å². The van der Waals surface area contributed by atoms with Crippen molar-refractivity contribution in [1.82, 2.24) is 0 Å². The summed E-state index contributed by atoms with van der Waals surface area (Å²) in [5, 5.41) is 18.0. The smallest absolute Gasteiger partial charge is 0.258 e. The Labute approximate surface area is 79.9 Å². The minimum Gasteiger partial charge on any atom is -0.258 e. The Morgan fingerprint density at radius 2 is 2.00 bits per heavy atom. The summed E-state index contributed by atoms with van der Waals surface area (Å²) in [7, 11) is 0. The van der Waals surface area contributed by atoms with Crippen LogP contribution in [0.2, 0.25) is 0 Å². The quantitative estimate of drug-likeness (QED) is 0.525. The van der Waals surface area contributed by atoms with Crippen LogP contribution in [0.1, 0.15) is 12.0 Å². The zero-order valence-corrected chi connectivity index (χ0v) is 7.25. The number of hydrogen-bond acceptors (Lipinski definition) is 4. The van der Waals surface area contributed by atoms with Gasteiger partial charge in [-0.3, -0.25) is 10.1 Å². The van der Waals surface area contributed by atoms with Crippen molar-refractivity contribution in [2.24, 2.45) is 10.2 Å². The molecule has 2 rings (SSSR count). The lowest BCUT2D eigenvalue weighted by atomic mass is 10.1. The molecule has 0 fully saturated rings. The van der Waals surface area contributed by atoms with Crippen molar-refractivity contribution >= 4 is 17.6 Å². The Balaban J connectivity index is 2.26. The molecule has 5 nitrogen and oxygen atoms in total. The highest BCUT2D eigenvalue weighted by Crippen LogP contribution is 2.14. The molecule has 5 heteroatoms. The predicted molar refractivity (Wildman–Crippen MR) is 52.7 cm³/mol. The zero-order chi connectivity index (χ0) is 9.97. The fourth-order valence-electron chi connectivity index (χ4n) is 1.23. The van der Waals surface area contributed by atoms with Crippen molar-refractivity contribution in [1.29, 1.82) is 0 Å². The molecular formula is C9H7N3O2. The van der Waals surface area contributed by atoms with Gasteiger partial charge >= 0.3 is 0 Å². The molecule has 0 radical (unpaired) electrons. The van der Waals surface area contributed by atoms with E-state index in [1.165, 1.54) is 12.1 Å². The van der Waals surface area contributed by atoms with Gasteiger partial charge in [0.05, 0.1) is 10.6 Å². The molecule has 1 aliphatic rings. The molecule has 0 bridgehead atoms. The zero-order valence-electron chi connectivity index (χ0n) is 7.25. The number of non-ortho nitro benzene ring substituents is 1. The summed E-state index contributed by atoms with van der Waals surface area (Å²) in [6.45, 7) is 0. The number of hydrogen-bond donors (Lipinski definition) is 0. The van der Waals surface area contributed by atoms with E-state index >= 15 is 0 Å². The first-order valence-corrected chi connectivity index (χ1v) is 4.10. The van der Waals surface area contributed by atoms with Crippen LogP contribution in [-0.2, 0) is 0 Å². The van der Waals surface area contributed by atoms with E-state index < -0.39 is 4.92 Å². The van der Waals surface area contributed by atoms with Gasteiger partial charge in [0.25, 0.3) is 5.69 Å². The highest BCUT2D eigenvalue weighted by Gasteiger charge is 2.09. The molecular weight excluding hydrogens is 182 g/mol. The number of nitro groups is 1. The topological polar surface area (TPSA) is 67.9 Å². The molecule has 0 spiro atoms. The van der Waals surface area contributed by atoms with Gasteiger partial charge in [0.15, 0.2) is 0 Å². The molecule has 0 aliphatic carbocycles. The van der Waals surface area contributed by atoms with Crippen molar-refractivity contribution < 1.29 is 4.92 Å². The normalized spacial score (nSPS) is 14.1. The second-order valence-corrected chi connectivity index (χ2v) is 2.85. The summed E-state index contributed by atoms with van der Waals surface area (Å²) in [6.07, 6.45) is 2.40. The Morgan fingerprint density at radius 1 is 1.29 bits per heavy atom. The van der Waals surface area contributed by atoms with Crippen LogP contribution in [-0.4, -0.2) is 16.8 Å². The molecule has 0 unspecified atom stereocenters. The van der Waals surface area contributed by atoms with Crippen LogP contribution in [0.15, 0.2) is 34.5 Å². The van der Waals surface area contributed by atoms with Gasteiger partial charge in [-0.2, -0.15) is 10.2 Å². The van der Waals surface area contributed by atoms with Crippen LogP contribution in [0.3, 0.4) is 0 Å². The molecule has 0 saturated carbocycles. The van der Waals surface area contributed by atoms with E-state index in [0.29, 0.717) is 6.42 Å². The Hall–Kier alpha value is -2.04. The van der Waals surface area contributed by atoms with E-state index in [0.717, 1.165) is 11.3 Å². The van der Waals surface area contributed by atoms with E-state index in [2.05, 4.69) is 10.2 Å². The van der Waals surface area contributed by atoms with Crippen LogP contribution in [0.4, 0.5) is 5.69 Å². The summed E-state index contributed by atoms with van der Waals surface area (Å²) in [6, 6.07) is 6.31. The van der Waals surface area contributed by atoms with E-state index in [9.17, 15) is 10.1 Å². The van der Waals surface area contributed by atoms with Crippen LogP contribution in [0.5, 0.6) is 0 Å². The van der Waals surface area contributed by atoms with E-state index in [-0.39, 0.29) is 5.69 Å². The predicted octanol–water partition coefficient (Wildman–Crippen LogP) is 1.77. The van der Waals surface area contributed by atoms with Crippen molar-refractivity contribution in [3.05, 3.63) is 39.9 Å². The van der Waals surface area contributed by atoms with E-state index in [1.54, 1.807) is 18.3 Å². The third-order valence-corrected chi connectivity index (χ3v) is 1.96. The van der Waals surface area contributed by atoms with Gasteiger partial charge in [0.1, 0.15) is 0 Å². The first kappa shape index (κ1) is 8.55. The van der Waals surface area contributed by atoms with E-state index in [1.807, 2.05) is 0 Å². The van der Waals surface area contributed by atoms with Gasteiger partial charge in [-0.25, -0.2) is 0 Å². The number of rotatable bonds is 2. The summed E-state index contributed by atoms with van der Waals surface area (Å²) < 4.78 is 0. The summed E-state index contributed by atoms with van der Waals surface area (Å²) in [5.41, 5.74) is 1.82. The maximum Gasteiger partial charge on any atom is 0.269 e. The minimum absolute atomic E-state index is 0.0910. The SMILES string of the molecule is O=[N+]([O-])c1ccc(C2=NN=CC2)cc1. The second-order valence-electron chi connectivity index (χ2n) is 2.85. The maximum atomic E-state index is 10.4. The highest BCUT2D eigenvalue weighted by molar-refractivity contribution is 6.09. The van der Waals surface area contributed by atoms with Gasteiger partial charge in [-0.1, -0.05) is 0 Å². The first-order valence-electron chi connectivity index (χ1n) is 4.10. The summed E-state index contributed by atoms with van der Waals surface area (Å²) >= 11 is 0. The standard InChI is InChI=1S/C9H7N3O2/c13-12(14)8-3-1-7(2-4-8)9-5-6-10-11-9/h1-4,6H,5H2. The van der Waals surface area contributed by atoms with Crippen molar-refractivity contribution in [3.8, 4) is 0 Å². The summed E-state index contributed by atoms with van der Waals surface area (Å²) in [5.74, 6) is 0. The molecule has 0 amide bonds. The maximum absolute atomic E-state index is 10.4. The van der Waals surface area contributed by atoms with Crippen LogP contribution in [0, 0.1) is 10.1 Å². The molecule has 0 N–H and O–H groups in total. The van der Waals surface area contributed by atoms with Crippen molar-refractivity contribution in [2.75, 3.05) is 0 Å². The Bertz CT molecular complexity index is 420. The molecule has 0 saturated heterocycles. The van der Waals surface area contributed by atoms with Gasteiger partial charge in [0.2, 0.25) is 0 Å². The molecule has 0 atom stereocenters. The largest absolute Gasteiger partial charge is 0.269 e. The molecule has 14 heavy (non-hydrogen) atoms. The van der Waals surface area contributed by atoms with Crippen molar-refractivity contribution in [3.63, 3.8) is 0 Å². The monoisotopic (exact) mass is 189 g/mol. The van der Waals surface area contributed by atoms with Gasteiger partial charge in [-0.05, 0) is 17.7 Å². The Morgan fingerprint density at radius 3 is 2.50 bits per heavy atom. The number of nitro benzene ring substituents is 1. The van der Waals surface area contributed by atoms with E-state index in [4.69, 9.17) is 0 Å². The van der Waals surface area contributed by atoms with Crippen LogP contribution in [0.25, 0.3) is 0 Å². The average molecular weight is 189 g/mol. The van der Waals surface area contributed by atoms with Gasteiger partial charge in [-0.15, -0.1) is 0 Å². The highest BCUT2D eigenvalue weighted by atomic mass is 16.6. The Kier molecular flexibility index (Phi) is 2.06. The lowest BCUT2D eigenvalue weighted by molar-refractivity contribution is -0.384. The molecule has 70 valence electrons. The second kappa shape index (κ2) is 3.37. The molecule has 1 aliphatic heterocycles. The fraction of sp³-hybridized carbons (Fsp3) is 0.111. The van der Waals surface area contributed by atoms with Crippen LogP contribution < -0.4 is 0 Å². The fourth-order valence-corrected chi connectivity index (χ4v) is 1.23. The van der Waals surface area contributed by atoms with Gasteiger partial charge < -0.3 is 0 Å².